The van der Waals surface area contributed by atoms with E-state index in [9.17, 15) is 35.1 Å². The molecule has 1 saturated heterocycles. The van der Waals surface area contributed by atoms with Crippen molar-refractivity contribution in [3.05, 3.63) is 0 Å². The second-order valence-electron chi connectivity index (χ2n) is 8.43. The molecule has 4 rings (SSSR count). The first-order valence-electron chi connectivity index (χ1n) is 9.67. The summed E-state index contributed by atoms with van der Waals surface area (Å²) >= 11 is 0. The summed E-state index contributed by atoms with van der Waals surface area (Å²) in [4.78, 5) is 0. The second-order valence-corrected chi connectivity index (χ2v) is 11.2. The summed E-state index contributed by atoms with van der Waals surface area (Å²) in [5.41, 5.74) is -3.05. The van der Waals surface area contributed by atoms with Gasteiger partial charge in [0.2, 0.25) is 0 Å². The molecule has 3 saturated carbocycles. The van der Waals surface area contributed by atoms with Crippen molar-refractivity contribution in [3.8, 4) is 0 Å². The molecule has 0 bridgehead atoms. The van der Waals surface area contributed by atoms with Crippen molar-refractivity contribution in [2.75, 3.05) is 0 Å². The molecule has 0 nitrogen and oxygen atoms in total. The molecule has 0 aromatic carbocycles. The molecule has 156 valence electrons. The normalized spacial score (nSPS) is 59.3. The Hall–Kier alpha value is -0.130. The molecule has 12 atom stereocenters. The zero-order valence-corrected chi connectivity index (χ0v) is 15.4. The van der Waals surface area contributed by atoms with Crippen LogP contribution >= 0.6 is 7.92 Å². The Morgan fingerprint density at radius 1 is 0.444 bits per heavy atom. The number of hydrogen-bond donors (Lipinski definition) is 0. The van der Waals surface area contributed by atoms with Gasteiger partial charge in [0.1, 0.15) is 24.7 Å². The SMILES string of the molecule is FC1C(F)C(F)C2C(C1F)C1C(F)C(F)C(F)C(F)C1P2C1CCCCC1. The Morgan fingerprint density at radius 3 is 1.22 bits per heavy atom. The van der Waals surface area contributed by atoms with Gasteiger partial charge in [-0.3, -0.25) is 0 Å². The number of alkyl halides is 8. The number of rotatable bonds is 1. The van der Waals surface area contributed by atoms with Gasteiger partial charge < -0.3 is 0 Å². The van der Waals surface area contributed by atoms with E-state index in [1.54, 1.807) is 0 Å². The van der Waals surface area contributed by atoms with Crippen LogP contribution in [0.2, 0.25) is 0 Å². The van der Waals surface area contributed by atoms with Crippen molar-refractivity contribution < 1.29 is 35.1 Å². The first-order chi connectivity index (χ1) is 12.8. The topological polar surface area (TPSA) is 0 Å². The van der Waals surface area contributed by atoms with Gasteiger partial charge >= 0.3 is 0 Å². The minimum atomic E-state index is -2.80. The highest BCUT2D eigenvalue weighted by Gasteiger charge is 2.71. The molecular formula is C18H23F8P. The van der Waals surface area contributed by atoms with Gasteiger partial charge in [0.15, 0.2) is 24.7 Å². The molecule has 4 aliphatic rings. The zero-order chi connectivity index (χ0) is 19.6. The molecule has 0 aromatic heterocycles. The van der Waals surface area contributed by atoms with E-state index in [1.807, 2.05) is 0 Å². The first-order valence-corrected chi connectivity index (χ1v) is 11.2. The van der Waals surface area contributed by atoms with Crippen LogP contribution < -0.4 is 0 Å². The van der Waals surface area contributed by atoms with Crippen LogP contribution in [0.3, 0.4) is 0 Å². The molecule has 0 amide bonds. The summed E-state index contributed by atoms with van der Waals surface area (Å²) in [6, 6.07) is 0. The van der Waals surface area contributed by atoms with Crippen LogP contribution in [0.5, 0.6) is 0 Å². The highest BCUT2D eigenvalue weighted by atomic mass is 31.1. The lowest BCUT2D eigenvalue weighted by molar-refractivity contribution is -0.0931. The molecule has 1 aliphatic heterocycles. The molecule has 4 fully saturated rings. The van der Waals surface area contributed by atoms with Gasteiger partial charge in [-0.05, 0) is 18.5 Å². The monoisotopic (exact) mass is 422 g/mol. The molecule has 27 heavy (non-hydrogen) atoms. The highest BCUT2D eigenvalue weighted by Crippen LogP contribution is 2.73. The maximum absolute atomic E-state index is 14.9. The molecule has 9 heteroatoms. The van der Waals surface area contributed by atoms with E-state index in [2.05, 4.69) is 0 Å². The van der Waals surface area contributed by atoms with Gasteiger partial charge in [-0.25, -0.2) is 35.1 Å². The molecule has 0 spiro atoms. The van der Waals surface area contributed by atoms with Crippen molar-refractivity contribution in [2.45, 2.75) is 98.5 Å². The van der Waals surface area contributed by atoms with E-state index < -0.39 is 80.4 Å². The third-order valence-corrected chi connectivity index (χ3v) is 11.1. The van der Waals surface area contributed by atoms with Crippen LogP contribution in [0.1, 0.15) is 32.1 Å². The minimum absolute atomic E-state index is 0.279. The fourth-order valence-corrected chi connectivity index (χ4v) is 10.8. The largest absolute Gasteiger partial charge is 0.244 e. The smallest absolute Gasteiger partial charge is 0.166 e. The predicted molar refractivity (Wildman–Crippen MR) is 87.5 cm³/mol. The molecule has 1 heterocycles. The molecule has 0 radical (unpaired) electrons. The van der Waals surface area contributed by atoms with Gasteiger partial charge in [0, 0.05) is 23.2 Å². The van der Waals surface area contributed by atoms with Crippen LogP contribution in [0.25, 0.3) is 0 Å². The van der Waals surface area contributed by atoms with Gasteiger partial charge in [-0.1, -0.05) is 27.2 Å². The molecular weight excluding hydrogens is 399 g/mol. The Bertz CT molecular complexity index is 507. The Kier molecular flexibility index (Phi) is 5.44. The summed E-state index contributed by atoms with van der Waals surface area (Å²) in [6.45, 7) is 0. The Morgan fingerprint density at radius 2 is 0.815 bits per heavy atom. The number of fused-ring (bicyclic) bond motifs is 3. The third kappa shape index (κ3) is 2.85. The van der Waals surface area contributed by atoms with Crippen LogP contribution in [-0.4, -0.2) is 66.4 Å². The Labute approximate surface area is 154 Å². The van der Waals surface area contributed by atoms with Crippen molar-refractivity contribution >= 4 is 7.92 Å². The van der Waals surface area contributed by atoms with E-state index in [0.717, 1.165) is 19.3 Å². The number of halogens is 8. The molecule has 12 unspecified atom stereocenters. The molecule has 3 aliphatic carbocycles. The van der Waals surface area contributed by atoms with E-state index >= 15 is 0 Å². The maximum Gasteiger partial charge on any atom is 0.166 e. The summed E-state index contributed by atoms with van der Waals surface area (Å²) in [6.07, 6.45) is -17.3. The molecule has 0 aromatic rings. The molecule has 0 N–H and O–H groups in total. The fourth-order valence-electron chi connectivity index (χ4n) is 5.98. The lowest BCUT2D eigenvalue weighted by Crippen LogP contribution is -2.58. The lowest BCUT2D eigenvalue weighted by Gasteiger charge is -2.43. The second kappa shape index (κ2) is 7.28. The van der Waals surface area contributed by atoms with Crippen molar-refractivity contribution in [3.63, 3.8) is 0 Å². The van der Waals surface area contributed by atoms with Crippen LogP contribution in [0.15, 0.2) is 0 Å². The first kappa shape index (κ1) is 20.2. The van der Waals surface area contributed by atoms with Gasteiger partial charge in [-0.15, -0.1) is 0 Å². The van der Waals surface area contributed by atoms with E-state index in [0.29, 0.717) is 12.8 Å². The van der Waals surface area contributed by atoms with E-state index in [1.165, 1.54) is 0 Å². The van der Waals surface area contributed by atoms with Crippen molar-refractivity contribution in [1.29, 1.82) is 0 Å². The third-order valence-electron chi connectivity index (χ3n) is 7.13. The van der Waals surface area contributed by atoms with E-state index in [-0.39, 0.29) is 5.66 Å². The average molecular weight is 422 g/mol. The fraction of sp³-hybridized carbons (Fsp3) is 1.00. The summed E-state index contributed by atoms with van der Waals surface area (Å²) < 4.78 is 115. The van der Waals surface area contributed by atoms with Crippen LogP contribution in [-0.2, 0) is 0 Å². The number of hydrogen-bond acceptors (Lipinski definition) is 0. The summed E-state index contributed by atoms with van der Waals surface area (Å²) in [7, 11) is -1.84. The summed E-state index contributed by atoms with van der Waals surface area (Å²) in [5.74, 6) is -3.28. The van der Waals surface area contributed by atoms with Gasteiger partial charge in [0.05, 0.1) is 0 Å². The van der Waals surface area contributed by atoms with Crippen molar-refractivity contribution in [2.24, 2.45) is 11.8 Å². The van der Waals surface area contributed by atoms with Gasteiger partial charge in [0.25, 0.3) is 0 Å². The minimum Gasteiger partial charge on any atom is -0.244 e. The van der Waals surface area contributed by atoms with Crippen LogP contribution in [0, 0.1) is 11.8 Å². The quantitative estimate of drug-likeness (QED) is 0.386. The van der Waals surface area contributed by atoms with E-state index in [4.69, 9.17) is 0 Å². The Balaban J connectivity index is 1.79. The zero-order valence-electron chi connectivity index (χ0n) is 14.5. The maximum atomic E-state index is 14.9. The van der Waals surface area contributed by atoms with Crippen molar-refractivity contribution in [1.82, 2.24) is 0 Å². The highest BCUT2D eigenvalue weighted by molar-refractivity contribution is 7.60. The summed E-state index contributed by atoms with van der Waals surface area (Å²) in [5, 5.41) is 0. The standard InChI is InChI=1S/C18H23F8P/c19-9-7-8-10(20)12(22)14(24)16(26)18(8)27(6-4-2-1-3-5-6)17(7)15(25)13(23)11(9)21/h6-18H,1-5H2. The lowest BCUT2D eigenvalue weighted by atomic mass is 9.69. The predicted octanol–water partition coefficient (Wildman–Crippen LogP) is 5.52. The van der Waals surface area contributed by atoms with Crippen LogP contribution in [0.4, 0.5) is 35.1 Å². The van der Waals surface area contributed by atoms with Gasteiger partial charge in [-0.2, -0.15) is 0 Å². The average Bonchev–Trinajstić information content (AvgIpc) is 3.04.